The number of nitrogens with zero attached hydrogens (tertiary/aromatic N) is 4. The van der Waals surface area contributed by atoms with Crippen molar-refractivity contribution in [2.24, 2.45) is 0 Å². The van der Waals surface area contributed by atoms with Crippen molar-refractivity contribution < 1.29 is 9.18 Å². The molecule has 0 spiro atoms. The van der Waals surface area contributed by atoms with E-state index in [-0.39, 0.29) is 5.91 Å². The molecule has 3 aromatic rings. The van der Waals surface area contributed by atoms with Crippen molar-refractivity contribution in [2.45, 2.75) is 20.8 Å². The Balaban J connectivity index is 1.53. The van der Waals surface area contributed by atoms with Gasteiger partial charge in [0.05, 0.1) is 0 Å². The zero-order chi connectivity index (χ0) is 21.3. The van der Waals surface area contributed by atoms with Crippen LogP contribution in [0.2, 0.25) is 0 Å². The molecule has 0 aliphatic carbocycles. The lowest BCUT2D eigenvalue weighted by molar-refractivity contribution is 0.0746. The van der Waals surface area contributed by atoms with Crippen molar-refractivity contribution in [1.82, 2.24) is 14.9 Å². The lowest BCUT2D eigenvalue weighted by atomic mass is 10.1. The molecule has 1 aliphatic heterocycles. The van der Waals surface area contributed by atoms with Crippen molar-refractivity contribution in [3.05, 3.63) is 76.7 Å². The van der Waals surface area contributed by atoms with Crippen LogP contribution in [-0.4, -0.2) is 47.0 Å². The van der Waals surface area contributed by atoms with Gasteiger partial charge < -0.3 is 9.80 Å². The number of carbonyl (C=O) groups excluding carboxylic acids is 1. The molecule has 6 heteroatoms. The number of amides is 1. The average Bonchev–Trinajstić information content (AvgIpc) is 2.76. The van der Waals surface area contributed by atoms with E-state index in [2.05, 4.69) is 28.9 Å². The Morgan fingerprint density at radius 2 is 1.63 bits per heavy atom. The fourth-order valence-corrected chi connectivity index (χ4v) is 3.68. The SMILES string of the molecule is Cc1ccc(-c2nc(C)c(C)c(N3CCN(C(=O)c4cccc(F)c4)CC3)n2)cc1. The summed E-state index contributed by atoms with van der Waals surface area (Å²) in [6.45, 7) is 8.57. The molecule has 0 N–H and O–H groups in total. The Bertz CT molecular complexity index is 1070. The third-order valence-corrected chi connectivity index (χ3v) is 5.61. The van der Waals surface area contributed by atoms with Gasteiger partial charge in [0, 0.05) is 48.6 Å². The van der Waals surface area contributed by atoms with Gasteiger partial charge in [0.1, 0.15) is 11.6 Å². The number of aryl methyl sites for hydroxylation is 2. The number of rotatable bonds is 3. The second-order valence-corrected chi connectivity index (χ2v) is 7.74. The molecule has 1 aromatic heterocycles. The predicted molar refractivity (Wildman–Crippen MR) is 116 cm³/mol. The van der Waals surface area contributed by atoms with Crippen LogP contribution in [0.15, 0.2) is 48.5 Å². The highest BCUT2D eigenvalue weighted by molar-refractivity contribution is 5.94. The highest BCUT2D eigenvalue weighted by atomic mass is 19.1. The lowest BCUT2D eigenvalue weighted by Crippen LogP contribution is -2.49. The van der Waals surface area contributed by atoms with Crippen LogP contribution in [0.3, 0.4) is 0 Å². The molecule has 0 saturated carbocycles. The molecule has 1 fully saturated rings. The first-order valence-corrected chi connectivity index (χ1v) is 10.1. The van der Waals surface area contributed by atoms with Crippen LogP contribution in [-0.2, 0) is 0 Å². The number of aromatic nitrogens is 2. The summed E-state index contributed by atoms with van der Waals surface area (Å²) in [4.78, 5) is 26.2. The number of hydrogen-bond donors (Lipinski definition) is 0. The maximum Gasteiger partial charge on any atom is 0.254 e. The van der Waals surface area contributed by atoms with E-state index in [1.807, 2.05) is 26.0 Å². The fourth-order valence-electron chi connectivity index (χ4n) is 3.68. The number of carbonyl (C=O) groups is 1. The number of halogens is 1. The summed E-state index contributed by atoms with van der Waals surface area (Å²) in [5.74, 6) is 1.10. The van der Waals surface area contributed by atoms with Crippen LogP contribution >= 0.6 is 0 Å². The Hall–Kier alpha value is -3.28. The quantitative estimate of drug-likeness (QED) is 0.657. The van der Waals surface area contributed by atoms with Gasteiger partial charge in [-0.2, -0.15) is 0 Å². The average molecular weight is 404 g/mol. The number of piperazine rings is 1. The second kappa shape index (κ2) is 8.22. The Labute approximate surface area is 176 Å². The van der Waals surface area contributed by atoms with Crippen LogP contribution in [0.5, 0.6) is 0 Å². The zero-order valence-electron chi connectivity index (χ0n) is 17.5. The second-order valence-electron chi connectivity index (χ2n) is 7.74. The van der Waals surface area contributed by atoms with Crippen LogP contribution in [0.25, 0.3) is 11.4 Å². The molecule has 154 valence electrons. The first-order valence-electron chi connectivity index (χ1n) is 10.1. The van der Waals surface area contributed by atoms with E-state index in [1.54, 1.807) is 17.0 Å². The largest absolute Gasteiger partial charge is 0.353 e. The summed E-state index contributed by atoms with van der Waals surface area (Å²) >= 11 is 0. The van der Waals surface area contributed by atoms with Gasteiger partial charge in [0.25, 0.3) is 5.91 Å². The highest BCUT2D eigenvalue weighted by Gasteiger charge is 2.25. The van der Waals surface area contributed by atoms with Crippen molar-refractivity contribution in [3.63, 3.8) is 0 Å². The third-order valence-electron chi connectivity index (χ3n) is 5.61. The highest BCUT2D eigenvalue weighted by Crippen LogP contribution is 2.26. The Kier molecular flexibility index (Phi) is 5.48. The molecule has 0 bridgehead atoms. The van der Waals surface area contributed by atoms with Gasteiger partial charge in [-0.3, -0.25) is 4.79 Å². The molecule has 1 amide bonds. The van der Waals surface area contributed by atoms with Gasteiger partial charge in [0.2, 0.25) is 0 Å². The van der Waals surface area contributed by atoms with Gasteiger partial charge in [-0.25, -0.2) is 14.4 Å². The van der Waals surface area contributed by atoms with Crippen LogP contribution < -0.4 is 4.90 Å². The summed E-state index contributed by atoms with van der Waals surface area (Å²) in [6, 6.07) is 14.1. The maximum atomic E-state index is 13.5. The zero-order valence-corrected chi connectivity index (χ0v) is 17.5. The van der Waals surface area contributed by atoms with Gasteiger partial charge in [-0.05, 0) is 39.0 Å². The summed E-state index contributed by atoms with van der Waals surface area (Å²) < 4.78 is 13.5. The lowest BCUT2D eigenvalue weighted by Gasteiger charge is -2.36. The van der Waals surface area contributed by atoms with Crippen molar-refractivity contribution in [1.29, 1.82) is 0 Å². The van der Waals surface area contributed by atoms with Crippen LogP contribution in [0.1, 0.15) is 27.2 Å². The van der Waals surface area contributed by atoms with E-state index in [4.69, 9.17) is 4.98 Å². The molecule has 0 radical (unpaired) electrons. The topological polar surface area (TPSA) is 49.3 Å². The summed E-state index contributed by atoms with van der Waals surface area (Å²) in [6.07, 6.45) is 0. The molecule has 4 rings (SSSR count). The minimum absolute atomic E-state index is 0.134. The molecule has 1 aliphatic rings. The molecule has 2 aromatic carbocycles. The first kappa shape index (κ1) is 20.0. The number of anilines is 1. The van der Waals surface area contributed by atoms with E-state index in [1.165, 1.54) is 17.7 Å². The molecule has 5 nitrogen and oxygen atoms in total. The minimum Gasteiger partial charge on any atom is -0.353 e. The van der Waals surface area contributed by atoms with E-state index < -0.39 is 5.82 Å². The molecule has 0 unspecified atom stereocenters. The third kappa shape index (κ3) is 4.03. The number of benzene rings is 2. The van der Waals surface area contributed by atoms with Gasteiger partial charge in [-0.15, -0.1) is 0 Å². The fraction of sp³-hybridized carbons (Fsp3) is 0.292. The standard InChI is InChI=1S/C24H25FN4O/c1-16-7-9-19(10-8-16)22-26-18(3)17(2)23(27-22)28-11-13-29(14-12-28)24(30)20-5-4-6-21(25)15-20/h4-10,15H,11-14H2,1-3H3. The summed E-state index contributed by atoms with van der Waals surface area (Å²) in [7, 11) is 0. The molecular weight excluding hydrogens is 379 g/mol. The summed E-state index contributed by atoms with van der Waals surface area (Å²) in [5, 5.41) is 0. The van der Waals surface area contributed by atoms with Gasteiger partial charge >= 0.3 is 0 Å². The molecule has 30 heavy (non-hydrogen) atoms. The van der Waals surface area contributed by atoms with E-state index in [0.29, 0.717) is 37.6 Å². The monoisotopic (exact) mass is 404 g/mol. The number of hydrogen-bond acceptors (Lipinski definition) is 4. The van der Waals surface area contributed by atoms with Crippen molar-refractivity contribution in [3.8, 4) is 11.4 Å². The summed E-state index contributed by atoms with van der Waals surface area (Å²) in [5.41, 5.74) is 4.58. The van der Waals surface area contributed by atoms with E-state index >= 15 is 0 Å². The van der Waals surface area contributed by atoms with Crippen LogP contribution in [0.4, 0.5) is 10.2 Å². The van der Waals surface area contributed by atoms with Crippen molar-refractivity contribution in [2.75, 3.05) is 31.1 Å². The normalized spacial score (nSPS) is 14.1. The smallest absolute Gasteiger partial charge is 0.254 e. The van der Waals surface area contributed by atoms with Gasteiger partial charge in [0.15, 0.2) is 5.82 Å². The Morgan fingerprint density at radius 1 is 0.933 bits per heavy atom. The minimum atomic E-state index is -0.393. The molecule has 2 heterocycles. The predicted octanol–water partition coefficient (Wildman–Crippen LogP) is 4.17. The van der Waals surface area contributed by atoms with E-state index in [0.717, 1.165) is 22.6 Å². The van der Waals surface area contributed by atoms with Crippen LogP contribution in [0, 0.1) is 26.6 Å². The molecular formula is C24H25FN4O. The maximum absolute atomic E-state index is 13.5. The van der Waals surface area contributed by atoms with Gasteiger partial charge in [-0.1, -0.05) is 35.9 Å². The molecule has 1 saturated heterocycles. The molecule has 0 atom stereocenters. The first-order chi connectivity index (χ1) is 14.4. The van der Waals surface area contributed by atoms with Crippen molar-refractivity contribution >= 4 is 11.7 Å². The van der Waals surface area contributed by atoms with E-state index in [9.17, 15) is 9.18 Å². The Morgan fingerprint density at radius 3 is 2.30 bits per heavy atom.